The predicted molar refractivity (Wildman–Crippen MR) is 89.2 cm³/mol. The summed E-state index contributed by atoms with van der Waals surface area (Å²) < 4.78 is 44.8. The van der Waals surface area contributed by atoms with Crippen LogP contribution in [0.4, 0.5) is 18.9 Å². The third-order valence-electron chi connectivity index (χ3n) is 3.40. The van der Waals surface area contributed by atoms with Crippen molar-refractivity contribution in [2.45, 2.75) is 13.0 Å². The second-order valence-corrected chi connectivity index (χ2v) is 5.39. The lowest BCUT2D eigenvalue weighted by Gasteiger charge is -2.15. The van der Waals surface area contributed by atoms with Gasteiger partial charge in [0.15, 0.2) is 23.6 Å². The van der Waals surface area contributed by atoms with Crippen LogP contribution in [-0.2, 0) is 9.59 Å². The van der Waals surface area contributed by atoms with Crippen molar-refractivity contribution in [2.24, 2.45) is 0 Å². The van der Waals surface area contributed by atoms with Gasteiger partial charge in [-0.3, -0.25) is 9.59 Å². The Kier molecular flexibility index (Phi) is 6.38. The number of benzene rings is 2. The van der Waals surface area contributed by atoms with Gasteiger partial charge in [-0.05, 0) is 43.3 Å². The standard InChI is InChI=1S/C18H14F3N3O3/c1-10(27-12-4-2-11(8-22)3-5-12)18(26)23-9-15(25)24-14-7-6-13(19)16(20)17(14)21/h2-7,10H,9H2,1H3,(H,23,26)(H,24,25). The fourth-order valence-electron chi connectivity index (χ4n) is 1.99. The van der Waals surface area contributed by atoms with E-state index < -0.39 is 47.6 Å². The van der Waals surface area contributed by atoms with Crippen molar-refractivity contribution >= 4 is 17.5 Å². The van der Waals surface area contributed by atoms with E-state index in [4.69, 9.17) is 10.00 Å². The number of carbonyl (C=O) groups excluding carboxylic acids is 2. The van der Waals surface area contributed by atoms with E-state index in [9.17, 15) is 22.8 Å². The van der Waals surface area contributed by atoms with Crippen molar-refractivity contribution in [3.63, 3.8) is 0 Å². The van der Waals surface area contributed by atoms with Crippen LogP contribution in [0.25, 0.3) is 0 Å². The molecule has 2 amide bonds. The van der Waals surface area contributed by atoms with Gasteiger partial charge in [-0.15, -0.1) is 0 Å². The number of carbonyl (C=O) groups is 2. The highest BCUT2D eigenvalue weighted by atomic mass is 19.2. The van der Waals surface area contributed by atoms with Gasteiger partial charge in [-0.2, -0.15) is 5.26 Å². The Morgan fingerprint density at radius 3 is 2.41 bits per heavy atom. The molecule has 1 atom stereocenters. The highest BCUT2D eigenvalue weighted by Gasteiger charge is 2.18. The largest absolute Gasteiger partial charge is 0.481 e. The lowest BCUT2D eigenvalue weighted by atomic mass is 10.2. The Bertz CT molecular complexity index is 895. The fraction of sp³-hybridized carbons (Fsp3) is 0.167. The molecule has 2 aromatic carbocycles. The molecule has 0 aromatic heterocycles. The van der Waals surface area contributed by atoms with E-state index in [1.54, 1.807) is 0 Å². The number of nitrogens with zero attached hydrogens (tertiary/aromatic N) is 1. The number of nitrogens with one attached hydrogen (secondary N) is 2. The summed E-state index contributed by atoms with van der Waals surface area (Å²) in [5, 5.41) is 13.0. The number of rotatable bonds is 6. The quantitative estimate of drug-likeness (QED) is 0.757. The number of halogens is 3. The molecule has 0 aliphatic rings. The first kappa shape index (κ1) is 19.8. The topological polar surface area (TPSA) is 91.2 Å². The highest BCUT2D eigenvalue weighted by Crippen LogP contribution is 2.19. The summed E-state index contributed by atoms with van der Waals surface area (Å²) in [6, 6.07) is 9.54. The normalized spacial score (nSPS) is 11.2. The molecule has 0 heterocycles. The smallest absolute Gasteiger partial charge is 0.261 e. The molecule has 2 aromatic rings. The van der Waals surface area contributed by atoms with Gasteiger partial charge in [-0.25, -0.2) is 13.2 Å². The summed E-state index contributed by atoms with van der Waals surface area (Å²) in [5.74, 6) is -5.73. The van der Waals surface area contributed by atoms with E-state index >= 15 is 0 Å². The minimum atomic E-state index is -1.71. The zero-order valence-corrected chi connectivity index (χ0v) is 14.1. The van der Waals surface area contributed by atoms with Crippen LogP contribution in [0.3, 0.4) is 0 Å². The fourth-order valence-corrected chi connectivity index (χ4v) is 1.99. The van der Waals surface area contributed by atoms with Crippen molar-refractivity contribution in [1.29, 1.82) is 5.26 Å². The SMILES string of the molecule is CC(Oc1ccc(C#N)cc1)C(=O)NCC(=O)Nc1ccc(F)c(F)c1F. The van der Waals surface area contributed by atoms with Gasteiger partial charge >= 0.3 is 0 Å². The van der Waals surface area contributed by atoms with Gasteiger partial charge in [0.2, 0.25) is 5.91 Å². The van der Waals surface area contributed by atoms with Crippen molar-refractivity contribution in [3.8, 4) is 11.8 Å². The number of anilines is 1. The van der Waals surface area contributed by atoms with E-state index in [1.807, 2.05) is 11.4 Å². The van der Waals surface area contributed by atoms with Gasteiger partial charge in [0.05, 0.1) is 23.9 Å². The van der Waals surface area contributed by atoms with Gasteiger partial charge in [0, 0.05) is 0 Å². The lowest BCUT2D eigenvalue weighted by molar-refractivity contribution is -0.129. The summed E-state index contributed by atoms with van der Waals surface area (Å²) in [7, 11) is 0. The second-order valence-electron chi connectivity index (χ2n) is 5.39. The first-order valence-electron chi connectivity index (χ1n) is 7.69. The van der Waals surface area contributed by atoms with E-state index in [1.165, 1.54) is 31.2 Å². The van der Waals surface area contributed by atoms with Crippen LogP contribution in [-0.4, -0.2) is 24.5 Å². The summed E-state index contributed by atoms with van der Waals surface area (Å²) in [6.45, 7) is 0.915. The van der Waals surface area contributed by atoms with Crippen molar-refractivity contribution in [2.75, 3.05) is 11.9 Å². The second kappa shape index (κ2) is 8.71. The molecule has 2 N–H and O–H groups in total. The molecule has 0 saturated carbocycles. The zero-order chi connectivity index (χ0) is 20.0. The molecule has 0 aliphatic carbocycles. The van der Waals surface area contributed by atoms with Gasteiger partial charge < -0.3 is 15.4 Å². The van der Waals surface area contributed by atoms with E-state index in [0.29, 0.717) is 17.4 Å². The molecule has 0 aliphatic heterocycles. The summed E-state index contributed by atoms with van der Waals surface area (Å²) in [5.41, 5.74) is -0.115. The maximum Gasteiger partial charge on any atom is 0.261 e. The third-order valence-corrected chi connectivity index (χ3v) is 3.40. The molecule has 0 saturated heterocycles. The van der Waals surface area contributed by atoms with E-state index in [-0.39, 0.29) is 0 Å². The molecular formula is C18H14F3N3O3. The van der Waals surface area contributed by atoms with Crippen molar-refractivity contribution in [3.05, 3.63) is 59.4 Å². The first-order valence-corrected chi connectivity index (χ1v) is 7.69. The van der Waals surface area contributed by atoms with Crippen molar-refractivity contribution in [1.82, 2.24) is 5.32 Å². The van der Waals surface area contributed by atoms with Crippen LogP contribution in [0.15, 0.2) is 36.4 Å². The molecule has 0 spiro atoms. The molecule has 9 heteroatoms. The Morgan fingerprint density at radius 1 is 1.11 bits per heavy atom. The molecule has 27 heavy (non-hydrogen) atoms. The van der Waals surface area contributed by atoms with Crippen LogP contribution in [0.2, 0.25) is 0 Å². The monoisotopic (exact) mass is 377 g/mol. The Labute approximate surface area is 152 Å². The van der Waals surface area contributed by atoms with Crippen LogP contribution < -0.4 is 15.4 Å². The Hall–Kier alpha value is -3.54. The minimum absolute atomic E-state index is 0.352. The molecular weight excluding hydrogens is 363 g/mol. The number of amides is 2. The maximum atomic E-state index is 13.5. The van der Waals surface area contributed by atoms with Crippen molar-refractivity contribution < 1.29 is 27.5 Å². The van der Waals surface area contributed by atoms with Gasteiger partial charge in [0.1, 0.15) is 5.75 Å². The Balaban J connectivity index is 1.86. The van der Waals surface area contributed by atoms with Crippen LogP contribution in [0, 0.1) is 28.8 Å². The predicted octanol–water partition coefficient (Wildman–Crippen LogP) is 2.50. The highest BCUT2D eigenvalue weighted by molar-refractivity contribution is 5.95. The molecule has 6 nitrogen and oxygen atoms in total. The molecule has 0 bridgehead atoms. The Morgan fingerprint density at radius 2 is 1.78 bits per heavy atom. The van der Waals surface area contributed by atoms with Crippen LogP contribution >= 0.6 is 0 Å². The number of hydrogen-bond acceptors (Lipinski definition) is 4. The summed E-state index contributed by atoms with van der Waals surface area (Å²) in [4.78, 5) is 23.7. The molecule has 0 radical (unpaired) electrons. The van der Waals surface area contributed by atoms with E-state index in [2.05, 4.69) is 5.32 Å². The van der Waals surface area contributed by atoms with Crippen LogP contribution in [0.5, 0.6) is 5.75 Å². The number of nitriles is 1. The summed E-state index contributed by atoms with van der Waals surface area (Å²) >= 11 is 0. The van der Waals surface area contributed by atoms with Crippen LogP contribution in [0.1, 0.15) is 12.5 Å². The third kappa shape index (κ3) is 5.22. The van der Waals surface area contributed by atoms with Gasteiger partial charge in [0.25, 0.3) is 5.91 Å². The zero-order valence-electron chi connectivity index (χ0n) is 14.1. The first-order chi connectivity index (χ1) is 12.8. The lowest BCUT2D eigenvalue weighted by Crippen LogP contribution is -2.40. The average Bonchev–Trinajstić information content (AvgIpc) is 2.67. The number of ether oxygens (including phenoxy) is 1. The van der Waals surface area contributed by atoms with E-state index in [0.717, 1.165) is 6.07 Å². The van der Waals surface area contributed by atoms with Gasteiger partial charge in [-0.1, -0.05) is 0 Å². The number of hydrogen-bond donors (Lipinski definition) is 2. The summed E-state index contributed by atoms with van der Waals surface area (Å²) in [6.07, 6.45) is -0.953. The molecule has 0 fully saturated rings. The molecule has 2 rings (SSSR count). The molecule has 1 unspecified atom stereocenters. The minimum Gasteiger partial charge on any atom is -0.481 e. The average molecular weight is 377 g/mol. The maximum absolute atomic E-state index is 13.5. The molecule has 140 valence electrons.